The molecule has 0 atom stereocenters. The van der Waals surface area contributed by atoms with Crippen LogP contribution in [0.4, 0.5) is 5.69 Å². The van der Waals surface area contributed by atoms with Gasteiger partial charge in [-0.15, -0.1) is 0 Å². The second kappa shape index (κ2) is 4.81. The Kier molecular flexibility index (Phi) is 3.57. The van der Waals surface area contributed by atoms with Crippen LogP contribution in [-0.4, -0.2) is 19.4 Å². The van der Waals surface area contributed by atoms with E-state index in [0.29, 0.717) is 5.41 Å². The number of anilines is 1. The number of piperidine rings is 1. The minimum atomic E-state index is 0.334. The minimum Gasteiger partial charge on any atom is -0.370 e. The first kappa shape index (κ1) is 12.6. The van der Waals surface area contributed by atoms with Gasteiger partial charge < -0.3 is 4.90 Å². The fraction of sp³-hybridized carbons (Fsp3) is 0.500. The van der Waals surface area contributed by atoms with E-state index in [4.69, 9.17) is 0 Å². The molecule has 0 bridgehead atoms. The van der Waals surface area contributed by atoms with Gasteiger partial charge in [0.25, 0.3) is 0 Å². The van der Waals surface area contributed by atoms with Crippen molar-refractivity contribution in [3.63, 3.8) is 0 Å². The molecule has 0 saturated carbocycles. The van der Waals surface area contributed by atoms with E-state index in [1.807, 2.05) is 18.2 Å². The molecule has 1 aromatic carbocycles. The number of halogens is 1. The second-order valence-corrected chi connectivity index (χ2v) is 6.43. The van der Waals surface area contributed by atoms with E-state index in [1.165, 1.54) is 12.8 Å². The molecule has 17 heavy (non-hydrogen) atoms. The molecular weight excluding hydrogens is 278 g/mol. The maximum Gasteiger partial charge on any atom is 0.152 e. The van der Waals surface area contributed by atoms with Gasteiger partial charge in [0.15, 0.2) is 6.29 Å². The van der Waals surface area contributed by atoms with Gasteiger partial charge in [-0.05, 0) is 36.5 Å². The molecule has 0 N–H and O–H groups in total. The van der Waals surface area contributed by atoms with Gasteiger partial charge >= 0.3 is 0 Å². The maximum atomic E-state index is 11.1. The molecule has 0 radical (unpaired) electrons. The Hall–Kier alpha value is -0.830. The lowest BCUT2D eigenvalue weighted by atomic mass is 9.84. The Morgan fingerprint density at radius 1 is 1.41 bits per heavy atom. The average Bonchev–Trinajstić information content (AvgIpc) is 2.27. The third-order valence-electron chi connectivity index (χ3n) is 3.36. The molecule has 1 aliphatic rings. The molecule has 0 spiro atoms. The molecule has 1 heterocycles. The maximum absolute atomic E-state index is 11.1. The molecule has 0 unspecified atom stereocenters. The molecule has 2 nitrogen and oxygen atoms in total. The molecule has 1 fully saturated rings. The van der Waals surface area contributed by atoms with Crippen LogP contribution in [0.1, 0.15) is 37.0 Å². The van der Waals surface area contributed by atoms with E-state index in [1.54, 1.807) is 0 Å². The summed E-state index contributed by atoms with van der Waals surface area (Å²) in [6, 6.07) is 5.85. The van der Waals surface area contributed by atoms with Crippen molar-refractivity contribution < 1.29 is 4.79 Å². The van der Waals surface area contributed by atoms with Gasteiger partial charge in [-0.3, -0.25) is 4.79 Å². The standard InChI is InChI=1S/C14H18BrNO/c1-14(2)6-3-7-16(10-14)13-8-12(15)5-4-11(13)9-17/h4-5,8-9H,3,6-7,10H2,1-2H3. The zero-order valence-electron chi connectivity index (χ0n) is 10.4. The van der Waals surface area contributed by atoms with Gasteiger partial charge in [-0.2, -0.15) is 0 Å². The zero-order valence-corrected chi connectivity index (χ0v) is 12.0. The highest BCUT2D eigenvalue weighted by atomic mass is 79.9. The van der Waals surface area contributed by atoms with E-state index < -0.39 is 0 Å². The van der Waals surface area contributed by atoms with E-state index in [-0.39, 0.29) is 0 Å². The summed E-state index contributed by atoms with van der Waals surface area (Å²) in [5, 5.41) is 0. The average molecular weight is 296 g/mol. The first-order valence-electron chi connectivity index (χ1n) is 6.01. The van der Waals surface area contributed by atoms with Crippen molar-refractivity contribution in [2.75, 3.05) is 18.0 Å². The van der Waals surface area contributed by atoms with Gasteiger partial charge in [-0.25, -0.2) is 0 Å². The van der Waals surface area contributed by atoms with Crippen molar-refractivity contribution in [2.24, 2.45) is 5.41 Å². The van der Waals surface area contributed by atoms with Gasteiger partial charge in [0.2, 0.25) is 0 Å². The Labute approximate surface area is 111 Å². The summed E-state index contributed by atoms with van der Waals surface area (Å²) in [6.45, 7) is 6.64. The molecule has 1 aromatic rings. The van der Waals surface area contributed by atoms with Crippen LogP contribution >= 0.6 is 15.9 Å². The van der Waals surface area contributed by atoms with Crippen molar-refractivity contribution in [1.29, 1.82) is 0 Å². The quantitative estimate of drug-likeness (QED) is 0.772. The highest BCUT2D eigenvalue weighted by molar-refractivity contribution is 9.10. The number of carbonyl (C=O) groups is 1. The van der Waals surface area contributed by atoms with Gasteiger partial charge in [0.05, 0.1) is 0 Å². The molecule has 0 aromatic heterocycles. The topological polar surface area (TPSA) is 20.3 Å². The second-order valence-electron chi connectivity index (χ2n) is 5.51. The van der Waals surface area contributed by atoms with Crippen LogP contribution in [0.25, 0.3) is 0 Å². The fourth-order valence-corrected chi connectivity index (χ4v) is 2.87. The Morgan fingerprint density at radius 3 is 2.82 bits per heavy atom. The smallest absolute Gasteiger partial charge is 0.152 e. The molecule has 0 amide bonds. The van der Waals surface area contributed by atoms with Crippen LogP contribution in [-0.2, 0) is 0 Å². The molecule has 1 saturated heterocycles. The minimum absolute atomic E-state index is 0.334. The van der Waals surface area contributed by atoms with E-state index in [9.17, 15) is 4.79 Å². The summed E-state index contributed by atoms with van der Waals surface area (Å²) in [5.74, 6) is 0. The number of aldehydes is 1. The summed E-state index contributed by atoms with van der Waals surface area (Å²) in [6.07, 6.45) is 3.40. The van der Waals surface area contributed by atoms with Crippen LogP contribution < -0.4 is 4.90 Å². The first-order valence-corrected chi connectivity index (χ1v) is 6.81. The zero-order chi connectivity index (χ0) is 12.5. The summed E-state index contributed by atoms with van der Waals surface area (Å²) in [7, 11) is 0. The first-order chi connectivity index (χ1) is 8.02. The molecule has 1 aliphatic heterocycles. The predicted molar refractivity (Wildman–Crippen MR) is 74.8 cm³/mol. The molecule has 0 aliphatic carbocycles. The third-order valence-corrected chi connectivity index (χ3v) is 3.85. The van der Waals surface area contributed by atoms with Crippen molar-refractivity contribution >= 4 is 27.9 Å². The predicted octanol–water partition coefficient (Wildman–Crippen LogP) is 3.89. The van der Waals surface area contributed by atoms with Crippen molar-refractivity contribution in [3.8, 4) is 0 Å². The number of benzene rings is 1. The van der Waals surface area contributed by atoms with Crippen LogP contribution in [0.3, 0.4) is 0 Å². The fourth-order valence-electron chi connectivity index (χ4n) is 2.52. The molecule has 2 rings (SSSR count). The monoisotopic (exact) mass is 295 g/mol. The van der Waals surface area contributed by atoms with Crippen molar-refractivity contribution in [1.82, 2.24) is 0 Å². The van der Waals surface area contributed by atoms with Crippen molar-refractivity contribution in [2.45, 2.75) is 26.7 Å². The number of hydrogen-bond acceptors (Lipinski definition) is 2. The number of nitrogens with zero attached hydrogens (tertiary/aromatic N) is 1. The highest BCUT2D eigenvalue weighted by Gasteiger charge is 2.27. The van der Waals surface area contributed by atoms with Gasteiger partial charge in [-0.1, -0.05) is 29.8 Å². The summed E-state index contributed by atoms with van der Waals surface area (Å²) in [4.78, 5) is 13.4. The molecular formula is C14H18BrNO. The third kappa shape index (κ3) is 2.89. The van der Waals surface area contributed by atoms with Gasteiger partial charge in [0.1, 0.15) is 0 Å². The van der Waals surface area contributed by atoms with Crippen LogP contribution in [0.5, 0.6) is 0 Å². The summed E-state index contributed by atoms with van der Waals surface area (Å²) < 4.78 is 1.03. The lowest BCUT2D eigenvalue weighted by Crippen LogP contribution is -2.40. The highest BCUT2D eigenvalue weighted by Crippen LogP contribution is 2.33. The summed E-state index contributed by atoms with van der Waals surface area (Å²) in [5.41, 5.74) is 2.17. The number of rotatable bonds is 2. The van der Waals surface area contributed by atoms with Crippen LogP contribution in [0.2, 0.25) is 0 Å². The van der Waals surface area contributed by atoms with Crippen LogP contribution in [0.15, 0.2) is 22.7 Å². The number of carbonyl (C=O) groups excluding carboxylic acids is 1. The van der Waals surface area contributed by atoms with E-state index >= 15 is 0 Å². The number of hydrogen-bond donors (Lipinski definition) is 0. The van der Waals surface area contributed by atoms with Crippen LogP contribution in [0, 0.1) is 5.41 Å². The van der Waals surface area contributed by atoms with E-state index in [2.05, 4.69) is 34.7 Å². The molecule has 92 valence electrons. The lowest BCUT2D eigenvalue weighted by molar-refractivity contribution is 0.112. The lowest BCUT2D eigenvalue weighted by Gasteiger charge is -2.40. The largest absolute Gasteiger partial charge is 0.370 e. The summed E-state index contributed by atoms with van der Waals surface area (Å²) >= 11 is 3.48. The normalized spacial score (nSPS) is 19.1. The Bertz CT molecular complexity index is 428. The SMILES string of the molecule is CC1(C)CCCN(c2cc(Br)ccc2C=O)C1. The van der Waals surface area contributed by atoms with Crippen molar-refractivity contribution in [3.05, 3.63) is 28.2 Å². The Morgan fingerprint density at radius 2 is 2.18 bits per heavy atom. The van der Waals surface area contributed by atoms with E-state index in [0.717, 1.165) is 35.1 Å². The molecule has 3 heteroatoms. The van der Waals surface area contributed by atoms with Gasteiger partial charge in [0, 0.05) is 28.8 Å². The Balaban J connectivity index is 2.32.